The maximum Gasteiger partial charge on any atom is 0.187 e. The zero-order valence-electron chi connectivity index (χ0n) is 10.7. The van der Waals surface area contributed by atoms with Gasteiger partial charge in [-0.3, -0.25) is 0 Å². The Morgan fingerprint density at radius 2 is 1.76 bits per heavy atom. The fourth-order valence-corrected chi connectivity index (χ4v) is 2.33. The van der Waals surface area contributed by atoms with Crippen molar-refractivity contribution in [3.05, 3.63) is 46.7 Å². The molecule has 2 aromatic carbocycles. The second-order valence-corrected chi connectivity index (χ2v) is 5.31. The molecule has 0 saturated heterocycles. The predicted octanol–water partition coefficient (Wildman–Crippen LogP) is 2.40. The molecule has 6 nitrogen and oxygen atoms in total. The normalized spacial score (nSPS) is 10.8. The number of tetrazole rings is 1. The molecule has 0 radical (unpaired) electrons. The molecule has 3 rings (SSSR count). The molecule has 21 heavy (non-hydrogen) atoms. The lowest BCUT2D eigenvalue weighted by molar-refractivity contribution is 0.607. The summed E-state index contributed by atoms with van der Waals surface area (Å²) in [5.74, 6) is -0.0883. The zero-order chi connectivity index (χ0) is 15.0. The Morgan fingerprint density at radius 1 is 1.05 bits per heavy atom. The van der Waals surface area contributed by atoms with E-state index in [0.717, 1.165) is 0 Å². The SMILES string of the molecule is Nc1cc(N)cc(-c2nnnn2-c2cc(Br)ccc2F)c1. The van der Waals surface area contributed by atoms with Crippen LogP contribution in [0.5, 0.6) is 0 Å². The van der Waals surface area contributed by atoms with Crippen LogP contribution >= 0.6 is 15.9 Å². The van der Waals surface area contributed by atoms with Crippen molar-refractivity contribution in [2.45, 2.75) is 0 Å². The molecule has 0 amide bonds. The molecule has 0 aliphatic rings. The summed E-state index contributed by atoms with van der Waals surface area (Å²) < 4.78 is 16.0. The Morgan fingerprint density at radius 3 is 2.48 bits per heavy atom. The molecular weight excluding hydrogens is 339 g/mol. The van der Waals surface area contributed by atoms with Gasteiger partial charge in [0.1, 0.15) is 11.5 Å². The van der Waals surface area contributed by atoms with E-state index in [1.807, 2.05) is 0 Å². The quantitative estimate of drug-likeness (QED) is 0.693. The Hall–Kier alpha value is -2.48. The standard InChI is InChI=1S/C13H10BrFN6/c14-8-1-2-11(15)12(5-8)21-13(18-19-20-21)7-3-9(16)6-10(17)4-7/h1-6H,16-17H2. The van der Waals surface area contributed by atoms with Crippen LogP contribution in [0.1, 0.15) is 0 Å². The van der Waals surface area contributed by atoms with E-state index in [1.54, 1.807) is 30.3 Å². The maximum atomic E-state index is 14.0. The van der Waals surface area contributed by atoms with Crippen molar-refractivity contribution in [1.29, 1.82) is 0 Å². The Labute approximate surface area is 127 Å². The molecular formula is C13H10BrFN6. The average molecular weight is 349 g/mol. The smallest absolute Gasteiger partial charge is 0.187 e. The van der Waals surface area contributed by atoms with E-state index in [0.29, 0.717) is 27.2 Å². The second kappa shape index (κ2) is 5.13. The van der Waals surface area contributed by atoms with E-state index in [4.69, 9.17) is 11.5 Å². The topological polar surface area (TPSA) is 95.6 Å². The third kappa shape index (κ3) is 2.57. The highest BCUT2D eigenvalue weighted by Gasteiger charge is 2.15. The fourth-order valence-electron chi connectivity index (χ4n) is 1.98. The van der Waals surface area contributed by atoms with Crippen LogP contribution in [-0.4, -0.2) is 20.2 Å². The summed E-state index contributed by atoms with van der Waals surface area (Å²) in [6.07, 6.45) is 0. The van der Waals surface area contributed by atoms with Gasteiger partial charge in [0.15, 0.2) is 5.82 Å². The number of nitrogens with two attached hydrogens (primary N) is 2. The van der Waals surface area contributed by atoms with E-state index in [9.17, 15) is 4.39 Å². The van der Waals surface area contributed by atoms with Gasteiger partial charge in [0.2, 0.25) is 0 Å². The van der Waals surface area contributed by atoms with Crippen LogP contribution in [-0.2, 0) is 0 Å². The lowest BCUT2D eigenvalue weighted by Gasteiger charge is -2.07. The van der Waals surface area contributed by atoms with Crippen molar-refractivity contribution in [3.8, 4) is 17.1 Å². The van der Waals surface area contributed by atoms with Crippen LogP contribution in [0.3, 0.4) is 0 Å². The van der Waals surface area contributed by atoms with Crippen molar-refractivity contribution in [3.63, 3.8) is 0 Å². The molecule has 1 heterocycles. The van der Waals surface area contributed by atoms with E-state index < -0.39 is 5.82 Å². The highest BCUT2D eigenvalue weighted by molar-refractivity contribution is 9.10. The molecule has 0 atom stereocenters. The van der Waals surface area contributed by atoms with E-state index in [-0.39, 0.29) is 5.69 Å². The first-order valence-corrected chi connectivity index (χ1v) is 6.74. The molecule has 3 aromatic rings. The molecule has 0 aliphatic carbocycles. The molecule has 0 unspecified atom stereocenters. The highest BCUT2D eigenvalue weighted by Crippen LogP contribution is 2.26. The van der Waals surface area contributed by atoms with E-state index >= 15 is 0 Å². The lowest BCUT2D eigenvalue weighted by Crippen LogP contribution is -2.03. The third-order valence-electron chi connectivity index (χ3n) is 2.84. The van der Waals surface area contributed by atoms with Crippen molar-refractivity contribution in [1.82, 2.24) is 20.2 Å². The minimum atomic E-state index is -0.441. The number of hydrogen-bond donors (Lipinski definition) is 2. The number of benzene rings is 2. The minimum Gasteiger partial charge on any atom is -0.399 e. The second-order valence-electron chi connectivity index (χ2n) is 4.40. The van der Waals surface area contributed by atoms with Gasteiger partial charge in [0.25, 0.3) is 0 Å². The van der Waals surface area contributed by atoms with Gasteiger partial charge >= 0.3 is 0 Å². The van der Waals surface area contributed by atoms with Crippen LogP contribution in [0.15, 0.2) is 40.9 Å². The van der Waals surface area contributed by atoms with Gasteiger partial charge in [-0.1, -0.05) is 15.9 Å². The molecule has 4 N–H and O–H groups in total. The van der Waals surface area contributed by atoms with Crippen LogP contribution in [0.4, 0.5) is 15.8 Å². The van der Waals surface area contributed by atoms with Crippen molar-refractivity contribution in [2.24, 2.45) is 0 Å². The summed E-state index contributed by atoms with van der Waals surface area (Å²) in [5, 5.41) is 11.4. The number of nitrogens with zero attached hydrogens (tertiary/aromatic N) is 4. The monoisotopic (exact) mass is 348 g/mol. The zero-order valence-corrected chi connectivity index (χ0v) is 12.2. The number of halogens is 2. The van der Waals surface area contributed by atoms with Crippen LogP contribution < -0.4 is 11.5 Å². The van der Waals surface area contributed by atoms with E-state index in [1.165, 1.54) is 10.7 Å². The average Bonchev–Trinajstić information content (AvgIpc) is 2.89. The maximum absolute atomic E-state index is 14.0. The van der Waals surface area contributed by atoms with Crippen molar-refractivity contribution in [2.75, 3.05) is 11.5 Å². The summed E-state index contributed by atoms with van der Waals surface area (Å²) >= 11 is 3.30. The number of rotatable bonds is 2. The molecule has 0 aliphatic heterocycles. The van der Waals surface area contributed by atoms with Gasteiger partial charge in [0.05, 0.1) is 0 Å². The van der Waals surface area contributed by atoms with Gasteiger partial charge in [-0.05, 0) is 46.8 Å². The number of aromatic nitrogens is 4. The highest BCUT2D eigenvalue weighted by atomic mass is 79.9. The number of anilines is 2. The van der Waals surface area contributed by atoms with Gasteiger partial charge in [-0.25, -0.2) is 4.39 Å². The largest absolute Gasteiger partial charge is 0.399 e. The van der Waals surface area contributed by atoms with Crippen LogP contribution in [0, 0.1) is 5.82 Å². The molecule has 0 bridgehead atoms. The lowest BCUT2D eigenvalue weighted by atomic mass is 10.1. The third-order valence-corrected chi connectivity index (χ3v) is 3.33. The summed E-state index contributed by atoms with van der Waals surface area (Å²) in [6.45, 7) is 0. The Bertz CT molecular complexity index is 796. The Balaban J connectivity index is 2.19. The first-order chi connectivity index (χ1) is 10.0. The van der Waals surface area contributed by atoms with Gasteiger partial charge < -0.3 is 11.5 Å². The van der Waals surface area contributed by atoms with Crippen LogP contribution in [0.2, 0.25) is 0 Å². The van der Waals surface area contributed by atoms with Gasteiger partial charge in [0, 0.05) is 21.4 Å². The van der Waals surface area contributed by atoms with Gasteiger partial charge in [-0.15, -0.1) is 5.10 Å². The summed E-state index contributed by atoms with van der Waals surface area (Å²) in [5.41, 5.74) is 13.3. The van der Waals surface area contributed by atoms with Crippen molar-refractivity contribution >= 4 is 27.3 Å². The predicted molar refractivity (Wildman–Crippen MR) is 81.1 cm³/mol. The molecule has 0 fully saturated rings. The van der Waals surface area contributed by atoms with Crippen LogP contribution in [0.25, 0.3) is 17.1 Å². The molecule has 0 spiro atoms. The van der Waals surface area contributed by atoms with Gasteiger partial charge in [-0.2, -0.15) is 4.68 Å². The first-order valence-electron chi connectivity index (χ1n) is 5.95. The van der Waals surface area contributed by atoms with Crippen molar-refractivity contribution < 1.29 is 4.39 Å². The Kier molecular flexibility index (Phi) is 3.30. The summed E-state index contributed by atoms with van der Waals surface area (Å²) in [6, 6.07) is 9.49. The molecule has 8 heteroatoms. The number of hydrogen-bond acceptors (Lipinski definition) is 5. The first kappa shape index (κ1) is 13.5. The fraction of sp³-hybridized carbons (Fsp3) is 0. The molecule has 1 aromatic heterocycles. The number of nitrogen functional groups attached to an aromatic ring is 2. The summed E-state index contributed by atoms with van der Waals surface area (Å²) in [4.78, 5) is 0. The van der Waals surface area contributed by atoms with E-state index in [2.05, 4.69) is 31.5 Å². The summed E-state index contributed by atoms with van der Waals surface area (Å²) in [7, 11) is 0. The molecule has 106 valence electrons. The minimum absolute atomic E-state index is 0.227. The molecule has 0 saturated carbocycles.